The molecule has 0 saturated heterocycles. The highest BCUT2D eigenvalue weighted by Gasteiger charge is 2.10. The fourth-order valence-corrected chi connectivity index (χ4v) is 2.82. The topological polar surface area (TPSA) is 64.4 Å². The minimum Gasteiger partial charge on any atom is -0.389 e. The molecule has 0 unspecified atom stereocenters. The lowest BCUT2D eigenvalue weighted by Crippen LogP contribution is -2.29. The van der Waals surface area contributed by atoms with E-state index in [0.29, 0.717) is 20.9 Å². The zero-order valence-electron chi connectivity index (χ0n) is 13.2. The first-order valence-electron chi connectivity index (χ1n) is 7.68. The SMILES string of the molecule is O=c1c2cc(Cl)ccc2ncn1C[C@@H](O)COCc1ccccc1Cl. The molecule has 0 spiro atoms. The number of hydrogen-bond donors (Lipinski definition) is 1. The number of fused-ring (bicyclic) bond motifs is 1. The van der Waals surface area contributed by atoms with E-state index in [-0.39, 0.29) is 25.3 Å². The van der Waals surface area contributed by atoms with E-state index in [0.717, 1.165) is 5.56 Å². The molecule has 0 saturated carbocycles. The molecule has 25 heavy (non-hydrogen) atoms. The Labute approximate surface area is 154 Å². The highest BCUT2D eigenvalue weighted by molar-refractivity contribution is 6.31. The van der Waals surface area contributed by atoms with E-state index in [1.54, 1.807) is 24.3 Å². The molecule has 130 valence electrons. The van der Waals surface area contributed by atoms with Crippen molar-refractivity contribution in [2.75, 3.05) is 6.61 Å². The summed E-state index contributed by atoms with van der Waals surface area (Å²) in [7, 11) is 0. The molecule has 1 N–H and O–H groups in total. The Bertz CT molecular complexity index is 943. The van der Waals surface area contributed by atoms with Crippen LogP contribution in [0, 0.1) is 0 Å². The first kappa shape index (κ1) is 17.9. The quantitative estimate of drug-likeness (QED) is 0.714. The smallest absolute Gasteiger partial charge is 0.261 e. The second-order valence-electron chi connectivity index (χ2n) is 5.62. The van der Waals surface area contributed by atoms with Gasteiger partial charge in [-0.1, -0.05) is 41.4 Å². The van der Waals surface area contributed by atoms with E-state index in [1.165, 1.54) is 10.9 Å². The van der Waals surface area contributed by atoms with Gasteiger partial charge in [0.25, 0.3) is 5.56 Å². The average Bonchev–Trinajstić information content (AvgIpc) is 2.59. The van der Waals surface area contributed by atoms with Crippen LogP contribution in [-0.4, -0.2) is 27.4 Å². The van der Waals surface area contributed by atoms with Gasteiger partial charge in [-0.2, -0.15) is 0 Å². The van der Waals surface area contributed by atoms with Gasteiger partial charge in [0.05, 0.1) is 43.1 Å². The van der Waals surface area contributed by atoms with Gasteiger partial charge in [0.1, 0.15) is 0 Å². The molecule has 1 aromatic heterocycles. The molecule has 3 rings (SSSR count). The number of ether oxygens (including phenoxy) is 1. The molecule has 0 radical (unpaired) electrons. The van der Waals surface area contributed by atoms with Crippen LogP contribution in [0.3, 0.4) is 0 Å². The zero-order valence-corrected chi connectivity index (χ0v) is 14.7. The summed E-state index contributed by atoms with van der Waals surface area (Å²) in [5, 5.41) is 11.6. The van der Waals surface area contributed by atoms with E-state index in [1.807, 2.05) is 18.2 Å². The van der Waals surface area contributed by atoms with Gasteiger partial charge in [-0.3, -0.25) is 9.36 Å². The summed E-state index contributed by atoms with van der Waals surface area (Å²) in [6.45, 7) is 0.444. The summed E-state index contributed by atoms with van der Waals surface area (Å²) < 4.78 is 6.84. The molecule has 5 nitrogen and oxygen atoms in total. The summed E-state index contributed by atoms with van der Waals surface area (Å²) in [5.74, 6) is 0. The number of benzene rings is 2. The van der Waals surface area contributed by atoms with Crippen LogP contribution in [0.15, 0.2) is 53.6 Å². The largest absolute Gasteiger partial charge is 0.389 e. The molecular formula is C18H16Cl2N2O3. The van der Waals surface area contributed by atoms with Crippen molar-refractivity contribution in [3.8, 4) is 0 Å². The molecule has 7 heteroatoms. The highest BCUT2D eigenvalue weighted by Crippen LogP contribution is 2.16. The van der Waals surface area contributed by atoms with Gasteiger partial charge >= 0.3 is 0 Å². The molecule has 0 bridgehead atoms. The summed E-state index contributed by atoms with van der Waals surface area (Å²) >= 11 is 12.0. The normalized spacial score (nSPS) is 12.4. The van der Waals surface area contributed by atoms with Crippen LogP contribution >= 0.6 is 23.2 Å². The second kappa shape index (κ2) is 7.97. The third-order valence-corrected chi connectivity index (χ3v) is 4.32. The van der Waals surface area contributed by atoms with Crippen molar-refractivity contribution in [1.29, 1.82) is 0 Å². The Hall–Kier alpha value is -1.92. The van der Waals surface area contributed by atoms with E-state index in [2.05, 4.69) is 4.98 Å². The van der Waals surface area contributed by atoms with Crippen LogP contribution in [0.25, 0.3) is 10.9 Å². The number of aliphatic hydroxyl groups is 1. The molecule has 0 aliphatic rings. The van der Waals surface area contributed by atoms with Gasteiger partial charge in [0, 0.05) is 10.0 Å². The van der Waals surface area contributed by atoms with Gasteiger partial charge in [0.2, 0.25) is 0 Å². The first-order valence-corrected chi connectivity index (χ1v) is 8.44. The molecular weight excluding hydrogens is 363 g/mol. The summed E-state index contributed by atoms with van der Waals surface area (Å²) in [6, 6.07) is 12.3. The van der Waals surface area contributed by atoms with Crippen molar-refractivity contribution in [2.45, 2.75) is 19.3 Å². The number of rotatable bonds is 6. The molecule has 1 heterocycles. The first-order chi connectivity index (χ1) is 12.0. The summed E-state index contributed by atoms with van der Waals surface area (Å²) in [6.07, 6.45) is 0.564. The third kappa shape index (κ3) is 4.38. The summed E-state index contributed by atoms with van der Waals surface area (Å²) in [4.78, 5) is 16.7. The molecule has 2 aromatic carbocycles. The highest BCUT2D eigenvalue weighted by atomic mass is 35.5. The van der Waals surface area contributed by atoms with E-state index >= 15 is 0 Å². The molecule has 0 amide bonds. The van der Waals surface area contributed by atoms with Crippen molar-refractivity contribution in [3.63, 3.8) is 0 Å². The van der Waals surface area contributed by atoms with Crippen LogP contribution in [0.5, 0.6) is 0 Å². The van der Waals surface area contributed by atoms with Gasteiger partial charge in [-0.05, 0) is 29.8 Å². The van der Waals surface area contributed by atoms with Crippen molar-refractivity contribution in [2.24, 2.45) is 0 Å². The maximum Gasteiger partial charge on any atom is 0.261 e. The van der Waals surface area contributed by atoms with Crippen LogP contribution < -0.4 is 5.56 Å². The lowest BCUT2D eigenvalue weighted by Gasteiger charge is -2.14. The van der Waals surface area contributed by atoms with E-state index in [4.69, 9.17) is 27.9 Å². The number of nitrogens with zero attached hydrogens (tertiary/aromatic N) is 2. The zero-order chi connectivity index (χ0) is 17.8. The number of halogens is 2. The van der Waals surface area contributed by atoms with Crippen LogP contribution in [0.2, 0.25) is 10.0 Å². The van der Waals surface area contributed by atoms with E-state index in [9.17, 15) is 9.90 Å². The van der Waals surface area contributed by atoms with Crippen LogP contribution in [0.1, 0.15) is 5.56 Å². The van der Waals surface area contributed by atoms with Crippen LogP contribution in [-0.2, 0) is 17.9 Å². The fraction of sp³-hybridized carbons (Fsp3) is 0.222. The van der Waals surface area contributed by atoms with Crippen molar-refractivity contribution in [3.05, 3.63) is 74.8 Å². The molecule has 0 aliphatic carbocycles. The number of aromatic nitrogens is 2. The predicted octanol–water partition coefficient (Wildman–Crippen LogP) is 3.28. The Kier molecular flexibility index (Phi) is 5.71. The minimum absolute atomic E-state index is 0.0746. The average molecular weight is 379 g/mol. The third-order valence-electron chi connectivity index (χ3n) is 3.72. The molecule has 1 atom stereocenters. The van der Waals surface area contributed by atoms with Crippen molar-refractivity contribution < 1.29 is 9.84 Å². The van der Waals surface area contributed by atoms with Crippen LogP contribution in [0.4, 0.5) is 0 Å². The molecule has 0 aliphatic heterocycles. The Balaban J connectivity index is 1.64. The monoisotopic (exact) mass is 378 g/mol. The molecule has 3 aromatic rings. The Morgan fingerprint density at radius 2 is 2.00 bits per heavy atom. The Morgan fingerprint density at radius 1 is 1.20 bits per heavy atom. The fourth-order valence-electron chi connectivity index (χ4n) is 2.46. The number of hydrogen-bond acceptors (Lipinski definition) is 4. The predicted molar refractivity (Wildman–Crippen MR) is 98.1 cm³/mol. The van der Waals surface area contributed by atoms with Gasteiger partial charge in [-0.25, -0.2) is 4.98 Å². The van der Waals surface area contributed by atoms with Gasteiger partial charge < -0.3 is 9.84 Å². The van der Waals surface area contributed by atoms with E-state index < -0.39 is 6.10 Å². The summed E-state index contributed by atoms with van der Waals surface area (Å²) in [5.41, 5.74) is 1.16. The number of aliphatic hydroxyl groups excluding tert-OH is 1. The van der Waals surface area contributed by atoms with Crippen molar-refractivity contribution in [1.82, 2.24) is 9.55 Å². The molecule has 0 fully saturated rings. The standard InChI is InChI=1S/C18H16Cl2N2O3/c19-13-5-6-17-15(7-13)18(24)22(11-21-17)8-14(23)10-25-9-12-3-1-2-4-16(12)20/h1-7,11,14,23H,8-10H2/t14-/m1/s1. The minimum atomic E-state index is -0.848. The van der Waals surface area contributed by atoms with Gasteiger partial charge in [-0.15, -0.1) is 0 Å². The maximum absolute atomic E-state index is 12.5. The lowest BCUT2D eigenvalue weighted by molar-refractivity contribution is 0.0198. The maximum atomic E-state index is 12.5. The lowest BCUT2D eigenvalue weighted by atomic mass is 10.2. The van der Waals surface area contributed by atoms with Crippen molar-refractivity contribution >= 4 is 34.1 Å². The van der Waals surface area contributed by atoms with Gasteiger partial charge in [0.15, 0.2) is 0 Å². The Morgan fingerprint density at radius 3 is 2.80 bits per heavy atom. The second-order valence-corrected chi connectivity index (χ2v) is 6.47.